The Morgan fingerprint density at radius 2 is 1.79 bits per heavy atom. The fraction of sp³-hybridized carbons (Fsp3) is 0.524. The van der Waals surface area contributed by atoms with Crippen LogP contribution in [0.25, 0.3) is 0 Å². The lowest BCUT2D eigenvalue weighted by Crippen LogP contribution is -2.45. The van der Waals surface area contributed by atoms with Gasteiger partial charge in [-0.2, -0.15) is 0 Å². The predicted molar refractivity (Wildman–Crippen MR) is 106 cm³/mol. The molecule has 1 aromatic rings. The number of hydrogen-bond donors (Lipinski definition) is 1. The van der Waals surface area contributed by atoms with Crippen LogP contribution < -0.4 is 5.32 Å². The summed E-state index contributed by atoms with van der Waals surface area (Å²) in [7, 11) is 0. The van der Waals surface area contributed by atoms with Gasteiger partial charge in [-0.3, -0.25) is 19.3 Å². The third-order valence-corrected chi connectivity index (χ3v) is 5.91. The van der Waals surface area contributed by atoms with Crippen molar-refractivity contribution < 1.29 is 23.9 Å². The number of esters is 1. The molecule has 3 rings (SSSR count). The quantitative estimate of drug-likeness (QED) is 0.564. The highest BCUT2D eigenvalue weighted by atomic mass is 35.5. The maximum atomic E-state index is 12.6. The van der Waals surface area contributed by atoms with Gasteiger partial charge in [0.2, 0.25) is 11.8 Å². The number of benzene rings is 1. The molecular weight excluding hydrogens is 396 g/mol. The molecule has 156 valence electrons. The molecule has 0 spiro atoms. The summed E-state index contributed by atoms with van der Waals surface area (Å²) in [6, 6.07) is 5.73. The topological polar surface area (TPSA) is 92.8 Å². The number of rotatable bonds is 6. The van der Waals surface area contributed by atoms with Crippen LogP contribution in [0, 0.1) is 11.8 Å². The molecule has 8 heteroatoms. The Bertz CT molecular complexity index is 803. The van der Waals surface area contributed by atoms with Crippen molar-refractivity contribution in [1.82, 2.24) is 10.2 Å². The second-order valence-corrected chi connectivity index (χ2v) is 8.11. The van der Waals surface area contributed by atoms with E-state index in [1.54, 1.807) is 25.1 Å². The third-order valence-electron chi connectivity index (χ3n) is 5.68. The number of halogens is 1. The summed E-state index contributed by atoms with van der Waals surface area (Å²) in [5, 5.41) is 3.28. The zero-order chi connectivity index (χ0) is 21.1. The lowest BCUT2D eigenvalue weighted by Gasteiger charge is -2.21. The summed E-state index contributed by atoms with van der Waals surface area (Å²) in [5.74, 6) is -2.50. The molecule has 1 saturated carbocycles. The van der Waals surface area contributed by atoms with Crippen molar-refractivity contribution in [3.63, 3.8) is 0 Å². The van der Waals surface area contributed by atoms with Crippen molar-refractivity contribution in [2.75, 3.05) is 6.61 Å². The van der Waals surface area contributed by atoms with Crippen LogP contribution in [0.4, 0.5) is 0 Å². The van der Waals surface area contributed by atoms with Gasteiger partial charge in [-0.25, -0.2) is 4.79 Å². The van der Waals surface area contributed by atoms with Crippen LogP contribution in [0.2, 0.25) is 5.02 Å². The molecule has 7 nitrogen and oxygen atoms in total. The Hall–Kier alpha value is -2.41. The minimum absolute atomic E-state index is 0.303. The van der Waals surface area contributed by atoms with Crippen LogP contribution in [0.1, 0.15) is 51.1 Å². The first-order chi connectivity index (χ1) is 13.8. The molecule has 0 bridgehead atoms. The fourth-order valence-corrected chi connectivity index (χ4v) is 4.27. The van der Waals surface area contributed by atoms with Crippen LogP contribution in [0.5, 0.6) is 0 Å². The molecular formula is C21H25ClN2O5. The van der Waals surface area contributed by atoms with Gasteiger partial charge in [0, 0.05) is 5.02 Å². The highest BCUT2D eigenvalue weighted by Gasteiger charge is 2.51. The first kappa shape index (κ1) is 21.3. The van der Waals surface area contributed by atoms with E-state index in [1.807, 2.05) is 6.07 Å². The van der Waals surface area contributed by atoms with E-state index >= 15 is 0 Å². The largest absolute Gasteiger partial charge is 0.454 e. The summed E-state index contributed by atoms with van der Waals surface area (Å²) in [6.07, 6.45) is 3.18. The normalized spacial score (nSPS) is 23.3. The van der Waals surface area contributed by atoms with Gasteiger partial charge in [0.1, 0.15) is 6.04 Å². The van der Waals surface area contributed by atoms with Gasteiger partial charge in [0.15, 0.2) is 6.61 Å². The van der Waals surface area contributed by atoms with E-state index in [1.165, 1.54) is 6.92 Å². The average molecular weight is 421 g/mol. The molecule has 3 amide bonds. The summed E-state index contributed by atoms with van der Waals surface area (Å²) < 4.78 is 5.07. The van der Waals surface area contributed by atoms with Gasteiger partial charge >= 0.3 is 5.97 Å². The van der Waals surface area contributed by atoms with Crippen molar-refractivity contribution in [2.24, 2.45) is 11.8 Å². The third kappa shape index (κ3) is 4.61. The number of ether oxygens (including phenoxy) is 1. The van der Waals surface area contributed by atoms with Crippen molar-refractivity contribution in [1.29, 1.82) is 0 Å². The molecule has 1 heterocycles. The zero-order valence-electron chi connectivity index (χ0n) is 16.5. The number of nitrogens with one attached hydrogen (secondary N) is 1. The van der Waals surface area contributed by atoms with Gasteiger partial charge < -0.3 is 10.1 Å². The van der Waals surface area contributed by atoms with Crippen LogP contribution in [0.3, 0.4) is 0 Å². The van der Waals surface area contributed by atoms with Gasteiger partial charge in [-0.1, -0.05) is 36.6 Å². The second-order valence-electron chi connectivity index (χ2n) is 7.67. The number of hydrogen-bond acceptors (Lipinski definition) is 5. The monoisotopic (exact) mass is 420 g/mol. The van der Waals surface area contributed by atoms with Crippen molar-refractivity contribution in [2.45, 2.75) is 51.6 Å². The Morgan fingerprint density at radius 1 is 1.17 bits per heavy atom. The van der Waals surface area contributed by atoms with Crippen molar-refractivity contribution in [3.05, 3.63) is 34.9 Å². The number of amides is 3. The summed E-state index contributed by atoms with van der Waals surface area (Å²) in [5.41, 5.74) is 0.821. The van der Waals surface area contributed by atoms with E-state index in [9.17, 15) is 19.2 Å². The minimum Gasteiger partial charge on any atom is -0.454 e. The van der Waals surface area contributed by atoms with Crippen LogP contribution in [-0.2, 0) is 23.9 Å². The second kappa shape index (κ2) is 8.95. The van der Waals surface area contributed by atoms with Gasteiger partial charge in [-0.05, 0) is 44.4 Å². The minimum atomic E-state index is -1.04. The SMILES string of the molecule is C[C@H](NC(=O)COC(=O)[C@H](C)N1C(=O)[C@H]2CCCC[C@H]2C1=O)c1cccc(Cl)c1. The van der Waals surface area contributed by atoms with E-state index in [0.29, 0.717) is 17.9 Å². The van der Waals surface area contributed by atoms with E-state index in [2.05, 4.69) is 5.32 Å². The Labute approximate surface area is 174 Å². The highest BCUT2D eigenvalue weighted by molar-refractivity contribution is 6.30. The van der Waals surface area contributed by atoms with E-state index < -0.39 is 24.5 Å². The highest BCUT2D eigenvalue weighted by Crippen LogP contribution is 2.38. The van der Waals surface area contributed by atoms with Crippen LogP contribution in [0.15, 0.2) is 24.3 Å². The molecule has 0 unspecified atom stereocenters. The molecule has 1 N–H and O–H groups in total. The van der Waals surface area contributed by atoms with Gasteiger partial charge in [0.05, 0.1) is 17.9 Å². The average Bonchev–Trinajstić information content (AvgIpc) is 2.96. The molecule has 1 aromatic carbocycles. The Balaban J connectivity index is 1.52. The summed E-state index contributed by atoms with van der Waals surface area (Å²) >= 11 is 5.95. The number of imide groups is 1. The van der Waals surface area contributed by atoms with Crippen molar-refractivity contribution >= 4 is 35.3 Å². The van der Waals surface area contributed by atoms with Crippen molar-refractivity contribution in [3.8, 4) is 0 Å². The standard InChI is InChI=1S/C21H25ClN2O5/c1-12(14-6-5-7-15(22)10-14)23-18(25)11-29-21(28)13(2)24-19(26)16-8-3-4-9-17(16)20(24)27/h5-7,10,12-13,16-17H,3-4,8-9,11H2,1-2H3,(H,23,25)/t12-,13-,16-,17+/m0/s1. The van der Waals surface area contributed by atoms with E-state index in [0.717, 1.165) is 23.3 Å². The zero-order valence-corrected chi connectivity index (χ0v) is 17.3. The molecule has 0 aromatic heterocycles. The molecule has 2 fully saturated rings. The first-order valence-corrected chi connectivity index (χ1v) is 10.3. The van der Waals surface area contributed by atoms with E-state index in [-0.39, 0.29) is 29.7 Å². The molecule has 4 atom stereocenters. The molecule has 1 aliphatic heterocycles. The molecule has 2 aliphatic rings. The lowest BCUT2D eigenvalue weighted by molar-refractivity contribution is -0.159. The van der Waals surface area contributed by atoms with Gasteiger partial charge in [-0.15, -0.1) is 0 Å². The van der Waals surface area contributed by atoms with Gasteiger partial charge in [0.25, 0.3) is 5.91 Å². The molecule has 1 aliphatic carbocycles. The van der Waals surface area contributed by atoms with Crippen LogP contribution in [-0.4, -0.2) is 41.2 Å². The number of carbonyl (C=O) groups excluding carboxylic acids is 4. The Morgan fingerprint density at radius 3 is 2.38 bits per heavy atom. The molecule has 0 radical (unpaired) electrons. The smallest absolute Gasteiger partial charge is 0.329 e. The number of fused-ring (bicyclic) bond motifs is 1. The maximum Gasteiger partial charge on any atom is 0.329 e. The van der Waals surface area contributed by atoms with E-state index in [4.69, 9.17) is 16.3 Å². The number of nitrogens with zero attached hydrogens (tertiary/aromatic N) is 1. The fourth-order valence-electron chi connectivity index (χ4n) is 4.07. The summed E-state index contributed by atoms with van der Waals surface area (Å²) in [4.78, 5) is 50.7. The summed E-state index contributed by atoms with van der Waals surface area (Å²) in [6.45, 7) is 2.76. The number of carbonyl (C=O) groups is 4. The lowest BCUT2D eigenvalue weighted by atomic mass is 9.81. The number of likely N-dealkylation sites (tertiary alicyclic amines) is 1. The molecule has 1 saturated heterocycles. The first-order valence-electron chi connectivity index (χ1n) is 9.88. The van der Waals surface area contributed by atoms with Crippen LogP contribution >= 0.6 is 11.6 Å². The predicted octanol–water partition coefficient (Wildman–Crippen LogP) is 2.62. The maximum absolute atomic E-state index is 12.6. The molecule has 29 heavy (non-hydrogen) atoms. The Kier molecular flexibility index (Phi) is 6.57.